The molecule has 0 radical (unpaired) electrons. The van der Waals surface area contributed by atoms with Crippen LogP contribution in [-0.2, 0) is 22.4 Å². The predicted octanol–water partition coefficient (Wildman–Crippen LogP) is 6.57. The van der Waals surface area contributed by atoms with Crippen LogP contribution in [0.25, 0.3) is 0 Å². The first kappa shape index (κ1) is 28.1. The number of anilines is 1. The summed E-state index contributed by atoms with van der Waals surface area (Å²) < 4.78 is 5.08. The Bertz CT molecular complexity index is 846. The number of hydrogen-bond donors (Lipinski definition) is 1. The molecule has 1 aliphatic heterocycles. The Labute approximate surface area is 209 Å². The van der Waals surface area contributed by atoms with E-state index in [0.717, 1.165) is 44.3 Å². The fourth-order valence-corrected chi connectivity index (χ4v) is 4.84. The van der Waals surface area contributed by atoms with Crippen molar-refractivity contribution in [3.8, 4) is 0 Å². The van der Waals surface area contributed by atoms with Gasteiger partial charge in [0.05, 0.1) is 6.61 Å². The van der Waals surface area contributed by atoms with Gasteiger partial charge in [-0.15, -0.1) is 11.3 Å². The molecule has 34 heavy (non-hydrogen) atoms. The number of nitrogens with zero attached hydrogens (tertiary/aromatic N) is 1. The normalized spacial score (nSPS) is 13.0. The van der Waals surface area contributed by atoms with Crippen molar-refractivity contribution in [2.45, 2.75) is 84.5 Å². The van der Waals surface area contributed by atoms with Crippen LogP contribution >= 0.6 is 11.3 Å². The summed E-state index contributed by atoms with van der Waals surface area (Å²) in [7, 11) is 0. The Morgan fingerprint density at radius 3 is 2.41 bits per heavy atom. The lowest BCUT2D eigenvalue weighted by atomic mass is 10.1. The lowest BCUT2D eigenvalue weighted by Gasteiger charge is -2.15. The zero-order chi connectivity index (χ0) is 24.6. The second-order valence-electron chi connectivity index (χ2n) is 8.71. The molecule has 0 unspecified atom stereocenters. The molecule has 1 fully saturated rings. The van der Waals surface area contributed by atoms with E-state index in [1.807, 2.05) is 17.0 Å². The molecule has 0 bridgehead atoms. The van der Waals surface area contributed by atoms with E-state index in [2.05, 4.69) is 38.1 Å². The lowest BCUT2D eigenvalue weighted by molar-refractivity contribution is -0.117. The molecular weight excluding hydrogens is 446 g/mol. The number of amides is 1. The van der Waals surface area contributed by atoms with Crippen LogP contribution in [0.3, 0.4) is 0 Å². The topological polar surface area (TPSA) is 66.8 Å². The predicted molar refractivity (Wildman–Crippen MR) is 141 cm³/mol. The summed E-state index contributed by atoms with van der Waals surface area (Å²) in [6, 6.07) is 12.3. The summed E-state index contributed by atoms with van der Waals surface area (Å²) >= 11 is 1.51. The van der Waals surface area contributed by atoms with E-state index in [1.54, 1.807) is 0 Å². The highest BCUT2D eigenvalue weighted by atomic mass is 32.1. The number of hydrogen-bond acceptors (Lipinski definition) is 5. The van der Waals surface area contributed by atoms with Crippen molar-refractivity contribution in [2.75, 3.05) is 24.7 Å². The minimum absolute atomic E-state index is 0.150. The number of esters is 1. The van der Waals surface area contributed by atoms with Crippen molar-refractivity contribution in [1.29, 1.82) is 0 Å². The highest BCUT2D eigenvalue weighted by Gasteiger charge is 2.21. The second kappa shape index (κ2) is 16.4. The molecule has 0 atom stereocenters. The maximum absolute atomic E-state index is 11.6. The van der Waals surface area contributed by atoms with Gasteiger partial charge < -0.3 is 14.7 Å². The van der Waals surface area contributed by atoms with Gasteiger partial charge in [0.1, 0.15) is 4.88 Å². The van der Waals surface area contributed by atoms with Crippen molar-refractivity contribution >= 4 is 28.9 Å². The highest BCUT2D eigenvalue weighted by Crippen LogP contribution is 2.22. The fourth-order valence-electron chi connectivity index (χ4n) is 3.84. The van der Waals surface area contributed by atoms with E-state index in [1.165, 1.54) is 47.5 Å². The molecule has 0 aliphatic carbocycles. The molecule has 1 saturated heterocycles. The molecular formula is C28H41NO4S. The molecule has 1 N–H and O–H groups in total. The van der Waals surface area contributed by atoms with E-state index >= 15 is 0 Å². The van der Waals surface area contributed by atoms with Crippen molar-refractivity contribution in [3.63, 3.8) is 0 Å². The molecule has 2 heterocycles. The summed E-state index contributed by atoms with van der Waals surface area (Å²) in [5.74, 6) is 0.0241. The molecule has 188 valence electrons. The first-order chi connectivity index (χ1) is 16.6. The number of carbonyl (C=O) groups excluding carboxylic acids is 2. The van der Waals surface area contributed by atoms with Crippen molar-refractivity contribution in [2.24, 2.45) is 0 Å². The van der Waals surface area contributed by atoms with Crippen molar-refractivity contribution in [1.82, 2.24) is 0 Å². The summed E-state index contributed by atoms with van der Waals surface area (Å²) in [5.41, 5.74) is 2.45. The SMILES string of the molecule is CCCCCCc1ccc(N2CCCC2=O)cc1.CCCc1ccc(C(=O)OCCCCO)s1. The largest absolute Gasteiger partial charge is 0.462 e. The second-order valence-corrected chi connectivity index (χ2v) is 9.88. The van der Waals surface area contributed by atoms with Crippen LogP contribution in [0.2, 0.25) is 0 Å². The molecule has 3 rings (SSSR count). The smallest absolute Gasteiger partial charge is 0.348 e. The molecule has 0 spiro atoms. The third-order valence-electron chi connectivity index (χ3n) is 5.79. The Balaban J connectivity index is 0.000000242. The maximum Gasteiger partial charge on any atom is 0.348 e. The van der Waals surface area contributed by atoms with Crippen LogP contribution in [0.15, 0.2) is 36.4 Å². The third-order valence-corrected chi connectivity index (χ3v) is 6.91. The van der Waals surface area contributed by atoms with Gasteiger partial charge in [-0.3, -0.25) is 4.79 Å². The number of aliphatic hydroxyl groups is 1. The van der Waals surface area contributed by atoms with Gasteiger partial charge in [0.25, 0.3) is 0 Å². The molecule has 0 saturated carbocycles. The highest BCUT2D eigenvalue weighted by molar-refractivity contribution is 7.13. The number of aliphatic hydroxyl groups excluding tert-OH is 1. The first-order valence-corrected chi connectivity index (χ1v) is 13.7. The number of ether oxygens (including phenoxy) is 1. The standard InChI is InChI=1S/C16H23NO.C12H18O3S/c1-2-3-4-5-7-14-9-11-15(12-10-14)17-13-6-8-16(17)18;1-2-5-10-6-7-11(16-10)12(14)15-9-4-3-8-13/h9-12H,2-8,13H2,1H3;6-7,13H,2-5,8-9H2,1H3. The van der Waals surface area contributed by atoms with Crippen LogP contribution in [0, 0.1) is 0 Å². The van der Waals surface area contributed by atoms with E-state index in [-0.39, 0.29) is 18.5 Å². The average Bonchev–Trinajstić information content (AvgIpc) is 3.50. The van der Waals surface area contributed by atoms with Gasteiger partial charge in [-0.2, -0.15) is 0 Å². The third kappa shape index (κ3) is 9.98. The molecule has 1 aliphatic rings. The van der Waals surface area contributed by atoms with E-state index < -0.39 is 0 Å². The molecule has 1 aromatic carbocycles. The van der Waals surface area contributed by atoms with E-state index in [0.29, 0.717) is 24.3 Å². The molecule has 1 aromatic heterocycles. The molecule has 6 heteroatoms. The van der Waals surface area contributed by atoms with Crippen LogP contribution in [-0.4, -0.2) is 36.7 Å². The van der Waals surface area contributed by atoms with Gasteiger partial charge in [-0.1, -0.05) is 51.7 Å². The number of aryl methyl sites for hydroxylation is 2. The van der Waals surface area contributed by atoms with Crippen molar-refractivity contribution in [3.05, 3.63) is 51.7 Å². The summed E-state index contributed by atoms with van der Waals surface area (Å²) in [6.45, 7) is 5.78. The van der Waals surface area contributed by atoms with Crippen molar-refractivity contribution < 1.29 is 19.4 Å². The van der Waals surface area contributed by atoms with Crippen LogP contribution in [0.5, 0.6) is 0 Å². The number of rotatable bonds is 13. The average molecular weight is 488 g/mol. The summed E-state index contributed by atoms with van der Waals surface area (Å²) in [6.07, 6.45) is 11.6. The Morgan fingerprint density at radius 2 is 1.76 bits per heavy atom. The minimum atomic E-state index is -0.245. The summed E-state index contributed by atoms with van der Waals surface area (Å²) in [5, 5.41) is 8.57. The Kier molecular flexibility index (Phi) is 13.6. The van der Waals surface area contributed by atoms with Crippen LogP contribution in [0.4, 0.5) is 5.69 Å². The van der Waals surface area contributed by atoms with Gasteiger partial charge in [0.15, 0.2) is 0 Å². The van der Waals surface area contributed by atoms with Crippen LogP contribution < -0.4 is 4.90 Å². The van der Waals surface area contributed by atoms with Gasteiger partial charge in [-0.25, -0.2) is 4.79 Å². The number of unbranched alkanes of at least 4 members (excludes halogenated alkanes) is 4. The fraction of sp³-hybridized carbons (Fsp3) is 0.571. The maximum atomic E-state index is 11.6. The van der Waals surface area contributed by atoms with Gasteiger partial charge >= 0.3 is 5.97 Å². The van der Waals surface area contributed by atoms with Gasteiger partial charge in [0, 0.05) is 30.1 Å². The summed E-state index contributed by atoms with van der Waals surface area (Å²) in [4.78, 5) is 27.0. The molecule has 5 nitrogen and oxygen atoms in total. The number of carbonyl (C=O) groups is 2. The van der Waals surface area contributed by atoms with E-state index in [9.17, 15) is 9.59 Å². The zero-order valence-electron chi connectivity index (χ0n) is 20.9. The minimum Gasteiger partial charge on any atom is -0.462 e. The first-order valence-electron chi connectivity index (χ1n) is 12.8. The lowest BCUT2D eigenvalue weighted by Crippen LogP contribution is -2.23. The quantitative estimate of drug-likeness (QED) is 0.256. The zero-order valence-corrected chi connectivity index (χ0v) is 21.7. The van der Waals surface area contributed by atoms with Crippen LogP contribution in [0.1, 0.15) is 91.7 Å². The Morgan fingerprint density at radius 1 is 0.971 bits per heavy atom. The van der Waals surface area contributed by atoms with Gasteiger partial charge in [-0.05, 0) is 68.4 Å². The monoisotopic (exact) mass is 487 g/mol. The Hall–Kier alpha value is -2.18. The van der Waals surface area contributed by atoms with E-state index in [4.69, 9.17) is 9.84 Å². The molecule has 2 aromatic rings. The molecule has 1 amide bonds. The number of thiophene rings is 1. The van der Waals surface area contributed by atoms with Gasteiger partial charge in [0.2, 0.25) is 5.91 Å². The number of benzene rings is 1.